The summed E-state index contributed by atoms with van der Waals surface area (Å²) in [4.78, 5) is 28.0. The van der Waals surface area contributed by atoms with Crippen molar-refractivity contribution in [2.45, 2.75) is 13.8 Å². The summed E-state index contributed by atoms with van der Waals surface area (Å²) in [6.07, 6.45) is 0. The van der Waals surface area contributed by atoms with E-state index in [0.717, 1.165) is 5.56 Å². The molecule has 24 heavy (non-hydrogen) atoms. The number of hydrogen-bond donors (Lipinski definition) is 1. The summed E-state index contributed by atoms with van der Waals surface area (Å²) in [6.45, 7) is 3.20. The minimum atomic E-state index is -0.353. The molecule has 0 saturated heterocycles. The largest absolute Gasteiger partial charge is 0.441 e. The van der Waals surface area contributed by atoms with E-state index in [0.29, 0.717) is 22.9 Å². The van der Waals surface area contributed by atoms with Crippen LogP contribution >= 0.6 is 0 Å². The number of hydrogen-bond acceptors (Lipinski definition) is 4. The molecule has 0 aliphatic carbocycles. The number of rotatable bonds is 4. The minimum absolute atomic E-state index is 0.0206. The molecular formula is C19H16N2O3. The Kier molecular flexibility index (Phi) is 4.24. The monoisotopic (exact) mass is 320 g/mol. The lowest BCUT2D eigenvalue weighted by Gasteiger charge is -2.04. The third-order valence-electron chi connectivity index (χ3n) is 3.58. The van der Waals surface area contributed by atoms with Crippen LogP contribution in [0.4, 0.5) is 5.69 Å². The van der Waals surface area contributed by atoms with E-state index in [-0.39, 0.29) is 17.4 Å². The molecule has 5 nitrogen and oxygen atoms in total. The number of Topliss-reactive ketones (excluding diaryl/α,β-unsaturated/α-hetero) is 1. The van der Waals surface area contributed by atoms with Gasteiger partial charge in [-0.15, -0.1) is 0 Å². The lowest BCUT2D eigenvalue weighted by Crippen LogP contribution is -2.13. The van der Waals surface area contributed by atoms with Gasteiger partial charge in [-0.05, 0) is 50.2 Å². The summed E-state index contributed by atoms with van der Waals surface area (Å²) in [5.41, 5.74) is 2.24. The number of aromatic nitrogens is 1. The van der Waals surface area contributed by atoms with Crippen LogP contribution in [0.3, 0.4) is 0 Å². The SMILES string of the molecule is CC(=O)c1ccc(NC(=O)c2nc(-c3ccccc3)oc2C)cc1. The number of carbonyl (C=O) groups excluding carboxylic acids is 2. The zero-order valence-electron chi connectivity index (χ0n) is 13.4. The molecule has 1 amide bonds. The van der Waals surface area contributed by atoms with Crippen LogP contribution in [0.15, 0.2) is 59.0 Å². The highest BCUT2D eigenvalue weighted by Crippen LogP contribution is 2.22. The van der Waals surface area contributed by atoms with E-state index in [1.807, 2.05) is 30.3 Å². The Labute approximate surface area is 139 Å². The predicted octanol–water partition coefficient (Wildman–Crippen LogP) is 4.10. The van der Waals surface area contributed by atoms with Gasteiger partial charge in [0.25, 0.3) is 5.91 Å². The van der Waals surface area contributed by atoms with Gasteiger partial charge in [-0.25, -0.2) is 4.98 Å². The van der Waals surface area contributed by atoms with Crippen molar-refractivity contribution >= 4 is 17.4 Å². The zero-order chi connectivity index (χ0) is 17.1. The smallest absolute Gasteiger partial charge is 0.277 e. The Morgan fingerprint density at radius 2 is 1.67 bits per heavy atom. The second-order valence-corrected chi connectivity index (χ2v) is 5.38. The molecule has 1 heterocycles. The predicted molar refractivity (Wildman–Crippen MR) is 91.1 cm³/mol. The first kappa shape index (κ1) is 15.7. The molecule has 5 heteroatoms. The van der Waals surface area contributed by atoms with Crippen LogP contribution < -0.4 is 5.32 Å². The first-order valence-corrected chi connectivity index (χ1v) is 7.50. The number of aryl methyl sites for hydroxylation is 1. The fourth-order valence-electron chi connectivity index (χ4n) is 2.29. The number of amides is 1. The third-order valence-corrected chi connectivity index (χ3v) is 3.58. The van der Waals surface area contributed by atoms with Gasteiger partial charge in [-0.3, -0.25) is 9.59 Å². The Morgan fingerprint density at radius 3 is 2.29 bits per heavy atom. The van der Waals surface area contributed by atoms with Crippen LogP contribution in [0.1, 0.15) is 33.5 Å². The molecule has 0 atom stereocenters. The summed E-state index contributed by atoms with van der Waals surface area (Å²) < 4.78 is 5.59. The maximum atomic E-state index is 12.4. The van der Waals surface area contributed by atoms with Gasteiger partial charge < -0.3 is 9.73 Å². The summed E-state index contributed by atoms with van der Waals surface area (Å²) in [6, 6.07) is 16.1. The van der Waals surface area contributed by atoms with Crippen LogP contribution in [0.25, 0.3) is 11.5 Å². The van der Waals surface area contributed by atoms with E-state index in [1.54, 1.807) is 31.2 Å². The average Bonchev–Trinajstić information content (AvgIpc) is 2.98. The summed E-state index contributed by atoms with van der Waals surface area (Å²) in [5.74, 6) is 0.485. The average molecular weight is 320 g/mol. The number of carbonyl (C=O) groups is 2. The fraction of sp³-hybridized carbons (Fsp3) is 0.105. The molecule has 0 aliphatic heterocycles. The van der Waals surface area contributed by atoms with Crippen LogP contribution in [-0.4, -0.2) is 16.7 Å². The molecule has 3 rings (SSSR count). The van der Waals surface area contributed by atoms with Crippen LogP contribution in [0.5, 0.6) is 0 Å². The van der Waals surface area contributed by atoms with E-state index in [9.17, 15) is 9.59 Å². The summed E-state index contributed by atoms with van der Waals surface area (Å²) in [7, 11) is 0. The van der Waals surface area contributed by atoms with E-state index >= 15 is 0 Å². The number of benzene rings is 2. The molecule has 2 aromatic carbocycles. The molecule has 0 aliphatic rings. The Bertz CT molecular complexity index is 881. The molecule has 0 fully saturated rings. The van der Waals surface area contributed by atoms with Crippen molar-refractivity contribution in [3.8, 4) is 11.5 Å². The van der Waals surface area contributed by atoms with Gasteiger partial charge in [-0.2, -0.15) is 0 Å². The molecule has 0 saturated carbocycles. The highest BCUT2D eigenvalue weighted by molar-refractivity contribution is 6.04. The third kappa shape index (κ3) is 3.25. The van der Waals surface area contributed by atoms with Crippen LogP contribution in [0, 0.1) is 6.92 Å². The van der Waals surface area contributed by atoms with E-state index < -0.39 is 0 Å². The van der Waals surface area contributed by atoms with Gasteiger partial charge in [0, 0.05) is 16.8 Å². The number of nitrogens with zero attached hydrogens (tertiary/aromatic N) is 1. The first-order valence-electron chi connectivity index (χ1n) is 7.50. The van der Waals surface area contributed by atoms with Crippen molar-refractivity contribution in [3.63, 3.8) is 0 Å². The topological polar surface area (TPSA) is 72.2 Å². The Hall–Kier alpha value is -3.21. The van der Waals surface area contributed by atoms with Crippen LogP contribution in [0.2, 0.25) is 0 Å². The fourth-order valence-corrected chi connectivity index (χ4v) is 2.29. The minimum Gasteiger partial charge on any atom is -0.441 e. The molecule has 0 bridgehead atoms. The van der Waals surface area contributed by atoms with Crippen molar-refractivity contribution in [1.82, 2.24) is 4.98 Å². The summed E-state index contributed by atoms with van der Waals surface area (Å²) in [5, 5.41) is 2.76. The van der Waals surface area contributed by atoms with Gasteiger partial charge in [0.05, 0.1) is 0 Å². The quantitative estimate of drug-likeness (QED) is 0.734. The molecule has 3 aromatic rings. The molecule has 0 radical (unpaired) electrons. The number of nitrogens with one attached hydrogen (secondary N) is 1. The number of ketones is 1. The molecule has 0 spiro atoms. The molecular weight excluding hydrogens is 304 g/mol. The van der Waals surface area contributed by atoms with Crippen molar-refractivity contribution in [3.05, 3.63) is 71.6 Å². The maximum absolute atomic E-state index is 12.4. The zero-order valence-corrected chi connectivity index (χ0v) is 13.4. The second kappa shape index (κ2) is 6.50. The molecule has 1 N–H and O–H groups in total. The Morgan fingerprint density at radius 1 is 1.00 bits per heavy atom. The van der Waals surface area contributed by atoms with Crippen molar-refractivity contribution in [2.24, 2.45) is 0 Å². The van der Waals surface area contributed by atoms with E-state index in [1.165, 1.54) is 6.92 Å². The molecule has 120 valence electrons. The van der Waals surface area contributed by atoms with Crippen molar-refractivity contribution < 1.29 is 14.0 Å². The van der Waals surface area contributed by atoms with Gasteiger partial charge in [0.15, 0.2) is 11.5 Å². The summed E-state index contributed by atoms with van der Waals surface area (Å²) >= 11 is 0. The van der Waals surface area contributed by atoms with E-state index in [4.69, 9.17) is 4.42 Å². The van der Waals surface area contributed by atoms with Gasteiger partial charge in [-0.1, -0.05) is 18.2 Å². The van der Waals surface area contributed by atoms with Crippen LogP contribution in [-0.2, 0) is 0 Å². The van der Waals surface area contributed by atoms with Gasteiger partial charge in [0.1, 0.15) is 5.76 Å². The van der Waals surface area contributed by atoms with Crippen molar-refractivity contribution in [1.29, 1.82) is 0 Å². The van der Waals surface area contributed by atoms with Gasteiger partial charge in [0.2, 0.25) is 5.89 Å². The normalized spacial score (nSPS) is 10.4. The van der Waals surface area contributed by atoms with Gasteiger partial charge >= 0.3 is 0 Å². The highest BCUT2D eigenvalue weighted by atomic mass is 16.4. The first-order chi connectivity index (χ1) is 11.5. The highest BCUT2D eigenvalue weighted by Gasteiger charge is 2.18. The van der Waals surface area contributed by atoms with Crippen molar-refractivity contribution in [2.75, 3.05) is 5.32 Å². The second-order valence-electron chi connectivity index (χ2n) is 5.38. The molecule has 0 unspecified atom stereocenters. The van der Waals surface area contributed by atoms with E-state index in [2.05, 4.69) is 10.3 Å². The molecule has 1 aromatic heterocycles. The lowest BCUT2D eigenvalue weighted by molar-refractivity contribution is 0.101. The maximum Gasteiger partial charge on any atom is 0.277 e. The lowest BCUT2D eigenvalue weighted by atomic mass is 10.1. The number of oxazole rings is 1. The Balaban J connectivity index is 1.80. The standard InChI is InChI=1S/C19H16N2O3/c1-12(22)14-8-10-16(11-9-14)20-18(23)17-13(2)24-19(21-17)15-6-4-3-5-7-15/h3-11H,1-2H3,(H,20,23). The number of anilines is 1.